The summed E-state index contributed by atoms with van der Waals surface area (Å²) in [5.41, 5.74) is 1.65. The minimum Gasteiger partial charge on any atom is -0.446 e. The summed E-state index contributed by atoms with van der Waals surface area (Å²) in [5, 5.41) is 15.2. The Morgan fingerprint density at radius 1 is 1.05 bits per heavy atom. The number of carbonyl (C=O) groups excluding carboxylic acids is 4. The van der Waals surface area contributed by atoms with Crippen LogP contribution in [0.3, 0.4) is 0 Å². The third-order valence-corrected chi connectivity index (χ3v) is 7.07. The predicted molar refractivity (Wildman–Crippen MR) is 152 cm³/mol. The minimum atomic E-state index is -0.950. The third-order valence-electron chi connectivity index (χ3n) is 7.07. The average molecular weight is 579 g/mol. The summed E-state index contributed by atoms with van der Waals surface area (Å²) in [5.74, 6) is -1.98. The van der Waals surface area contributed by atoms with Crippen LogP contribution in [0.1, 0.15) is 97.1 Å². The monoisotopic (exact) mass is 578 g/mol. The van der Waals surface area contributed by atoms with E-state index in [-0.39, 0.29) is 35.6 Å². The summed E-state index contributed by atoms with van der Waals surface area (Å²) in [6, 6.07) is 8.46. The highest BCUT2D eigenvalue weighted by molar-refractivity contribution is 5.97. The van der Waals surface area contributed by atoms with Crippen LogP contribution in [-0.2, 0) is 16.0 Å². The van der Waals surface area contributed by atoms with Crippen LogP contribution in [0.15, 0.2) is 51.6 Å². The molecule has 0 spiro atoms. The molecule has 0 saturated carbocycles. The van der Waals surface area contributed by atoms with E-state index >= 15 is 0 Å². The fourth-order valence-corrected chi connectivity index (χ4v) is 4.58. The van der Waals surface area contributed by atoms with Crippen molar-refractivity contribution in [2.24, 2.45) is 5.92 Å². The Morgan fingerprint density at radius 2 is 1.81 bits per heavy atom. The van der Waals surface area contributed by atoms with E-state index in [4.69, 9.17) is 8.94 Å². The SMILES string of the molecule is CC(C)c1cc(C(=O)N[C@H]2CCCCNC(=O)c3coc(n3)[C@@H](Cc3ccccc3)NC(=O)[C@H](C(C)C)NC2=O)on1. The first-order valence-corrected chi connectivity index (χ1v) is 14.3. The lowest BCUT2D eigenvalue weighted by Crippen LogP contribution is -2.56. The number of hydrogen-bond donors (Lipinski definition) is 4. The van der Waals surface area contributed by atoms with Crippen LogP contribution < -0.4 is 21.3 Å². The molecule has 1 aliphatic heterocycles. The fourth-order valence-electron chi connectivity index (χ4n) is 4.58. The number of oxazole rings is 1. The van der Waals surface area contributed by atoms with Gasteiger partial charge in [-0.3, -0.25) is 19.2 Å². The van der Waals surface area contributed by atoms with Crippen LogP contribution in [0.2, 0.25) is 0 Å². The molecule has 2 aromatic heterocycles. The lowest BCUT2D eigenvalue weighted by atomic mass is 10.00. The highest BCUT2D eigenvalue weighted by Crippen LogP contribution is 2.20. The van der Waals surface area contributed by atoms with E-state index in [2.05, 4.69) is 31.4 Å². The number of amides is 4. The number of rotatable bonds is 6. The molecule has 0 aliphatic carbocycles. The normalized spacial score (nSPS) is 20.6. The molecule has 3 aromatic rings. The fraction of sp³-hybridized carbons (Fsp3) is 0.467. The van der Waals surface area contributed by atoms with E-state index in [0.717, 1.165) is 5.56 Å². The first kappa shape index (κ1) is 30.5. The second-order valence-electron chi connectivity index (χ2n) is 11.1. The molecule has 3 heterocycles. The number of nitrogens with zero attached hydrogens (tertiary/aromatic N) is 2. The van der Waals surface area contributed by atoms with Crippen LogP contribution in [0.25, 0.3) is 0 Å². The van der Waals surface area contributed by atoms with Gasteiger partial charge in [-0.25, -0.2) is 4.98 Å². The Balaban J connectivity index is 1.58. The summed E-state index contributed by atoms with van der Waals surface area (Å²) >= 11 is 0. The summed E-state index contributed by atoms with van der Waals surface area (Å²) < 4.78 is 10.8. The van der Waals surface area contributed by atoms with E-state index in [1.165, 1.54) is 6.26 Å². The van der Waals surface area contributed by atoms with Crippen molar-refractivity contribution in [2.45, 2.75) is 77.4 Å². The highest BCUT2D eigenvalue weighted by atomic mass is 16.5. The number of benzene rings is 1. The molecular weight excluding hydrogens is 540 g/mol. The molecule has 0 fully saturated rings. The molecule has 12 nitrogen and oxygen atoms in total. The van der Waals surface area contributed by atoms with Gasteiger partial charge in [-0.1, -0.05) is 63.2 Å². The molecule has 224 valence electrons. The Labute approximate surface area is 244 Å². The van der Waals surface area contributed by atoms with Crippen LogP contribution in [-0.4, -0.2) is 52.4 Å². The molecule has 1 aliphatic rings. The van der Waals surface area contributed by atoms with Crippen LogP contribution in [0.4, 0.5) is 0 Å². The zero-order chi connectivity index (χ0) is 30.2. The van der Waals surface area contributed by atoms with Gasteiger partial charge in [0.1, 0.15) is 24.4 Å². The molecule has 0 unspecified atom stereocenters. The van der Waals surface area contributed by atoms with Crippen molar-refractivity contribution in [3.8, 4) is 0 Å². The van der Waals surface area contributed by atoms with Gasteiger partial charge in [-0.2, -0.15) is 0 Å². The molecule has 3 atom stereocenters. The highest BCUT2D eigenvalue weighted by Gasteiger charge is 2.32. The second-order valence-corrected chi connectivity index (χ2v) is 11.1. The number of nitrogens with one attached hydrogen (secondary N) is 4. The molecular formula is C30H38N6O6. The van der Waals surface area contributed by atoms with Crippen molar-refractivity contribution >= 4 is 23.6 Å². The van der Waals surface area contributed by atoms with E-state index in [1.54, 1.807) is 6.07 Å². The van der Waals surface area contributed by atoms with Gasteiger partial charge in [0.15, 0.2) is 5.69 Å². The second kappa shape index (κ2) is 13.9. The first-order valence-electron chi connectivity index (χ1n) is 14.3. The number of fused-ring (bicyclic) bond motifs is 2. The maximum atomic E-state index is 13.6. The zero-order valence-corrected chi connectivity index (χ0v) is 24.3. The van der Waals surface area contributed by atoms with Crippen LogP contribution in [0.5, 0.6) is 0 Å². The molecule has 0 saturated heterocycles. The van der Waals surface area contributed by atoms with Crippen molar-refractivity contribution < 1.29 is 28.1 Å². The topological polar surface area (TPSA) is 168 Å². The lowest BCUT2D eigenvalue weighted by Gasteiger charge is -2.27. The van der Waals surface area contributed by atoms with Crippen LogP contribution in [0, 0.1) is 5.92 Å². The summed E-state index contributed by atoms with van der Waals surface area (Å²) in [7, 11) is 0. The van der Waals surface area contributed by atoms with Crippen molar-refractivity contribution in [1.29, 1.82) is 0 Å². The Kier molecular flexibility index (Phi) is 10.1. The van der Waals surface area contributed by atoms with Crippen molar-refractivity contribution in [3.05, 3.63) is 71.3 Å². The number of aromatic nitrogens is 2. The lowest BCUT2D eigenvalue weighted by molar-refractivity contribution is -0.131. The number of carbonyl (C=O) groups is 4. The molecule has 4 amide bonds. The Hall–Kier alpha value is -4.48. The molecule has 4 rings (SSSR count). The van der Waals surface area contributed by atoms with E-state index < -0.39 is 41.8 Å². The Morgan fingerprint density at radius 3 is 2.50 bits per heavy atom. The maximum absolute atomic E-state index is 13.6. The third kappa shape index (κ3) is 7.83. The summed E-state index contributed by atoms with van der Waals surface area (Å²) in [4.78, 5) is 57.2. The Bertz CT molecular complexity index is 1380. The largest absolute Gasteiger partial charge is 0.446 e. The van der Waals surface area contributed by atoms with E-state index in [0.29, 0.717) is 31.5 Å². The van der Waals surface area contributed by atoms with E-state index in [1.807, 2.05) is 58.0 Å². The van der Waals surface area contributed by atoms with Gasteiger partial charge in [0.25, 0.3) is 11.8 Å². The molecule has 12 heteroatoms. The van der Waals surface area contributed by atoms with Gasteiger partial charge < -0.3 is 30.2 Å². The van der Waals surface area contributed by atoms with Crippen molar-refractivity contribution in [1.82, 2.24) is 31.4 Å². The average Bonchev–Trinajstić information content (AvgIpc) is 3.65. The first-order chi connectivity index (χ1) is 20.1. The smallest absolute Gasteiger partial charge is 0.290 e. The zero-order valence-electron chi connectivity index (χ0n) is 24.3. The predicted octanol–water partition coefficient (Wildman–Crippen LogP) is 3.04. The molecule has 4 N–H and O–H groups in total. The molecule has 42 heavy (non-hydrogen) atoms. The molecule has 0 radical (unpaired) electrons. The van der Waals surface area contributed by atoms with Gasteiger partial charge in [0.05, 0.1) is 5.69 Å². The summed E-state index contributed by atoms with van der Waals surface area (Å²) in [6.07, 6.45) is 2.94. The molecule has 2 bridgehead atoms. The quantitative estimate of drug-likeness (QED) is 0.346. The van der Waals surface area contributed by atoms with Gasteiger partial charge >= 0.3 is 0 Å². The van der Waals surface area contributed by atoms with E-state index in [9.17, 15) is 19.2 Å². The van der Waals surface area contributed by atoms with Gasteiger partial charge in [0, 0.05) is 19.0 Å². The molecule has 1 aromatic carbocycles. The van der Waals surface area contributed by atoms with Crippen LogP contribution >= 0.6 is 0 Å². The number of hydrogen-bond acceptors (Lipinski definition) is 8. The standard InChI is InChI=1S/C30H38N6O6/c1-17(2)21-15-24(42-36-21)28(39)32-20-12-8-9-13-31-26(37)23-16-41-30(34-23)22(14-19-10-6-5-7-11-19)33-29(40)25(18(3)4)35-27(20)38/h5-7,10-11,15-18,20,22,25H,8-9,12-14H2,1-4H3,(H,31,37)(H,32,39)(H,33,40)(H,35,38)/t20-,22+,25-/m0/s1. The van der Waals surface area contributed by atoms with Gasteiger partial charge in [-0.15, -0.1) is 0 Å². The minimum absolute atomic E-state index is 0.00247. The van der Waals surface area contributed by atoms with Gasteiger partial charge in [0.2, 0.25) is 23.5 Å². The van der Waals surface area contributed by atoms with Crippen molar-refractivity contribution in [3.63, 3.8) is 0 Å². The maximum Gasteiger partial charge on any atom is 0.290 e. The van der Waals surface area contributed by atoms with Crippen molar-refractivity contribution in [2.75, 3.05) is 6.54 Å². The van der Waals surface area contributed by atoms with Gasteiger partial charge in [-0.05, 0) is 36.7 Å². The summed E-state index contributed by atoms with van der Waals surface area (Å²) in [6.45, 7) is 7.82.